The SMILES string of the molecule is NC1C=NC=N1. The molecule has 32 valence electrons. The molecule has 1 aliphatic rings. The summed E-state index contributed by atoms with van der Waals surface area (Å²) in [5.41, 5.74) is 5.19. The van der Waals surface area contributed by atoms with Crippen molar-refractivity contribution in [2.45, 2.75) is 6.17 Å². The van der Waals surface area contributed by atoms with Crippen LogP contribution in [0, 0.1) is 0 Å². The predicted molar refractivity (Wildman–Crippen MR) is 25.0 cm³/mol. The minimum Gasteiger partial charge on any atom is -0.305 e. The van der Waals surface area contributed by atoms with Gasteiger partial charge >= 0.3 is 0 Å². The monoisotopic (exact) mass is 83.0 g/mol. The normalized spacial score (nSPS) is 29.2. The Morgan fingerprint density at radius 2 is 2.50 bits per heavy atom. The molecule has 3 nitrogen and oxygen atoms in total. The smallest absolute Gasteiger partial charge is 0.135 e. The van der Waals surface area contributed by atoms with Gasteiger partial charge in [0, 0.05) is 6.21 Å². The molecule has 0 saturated heterocycles. The first-order chi connectivity index (χ1) is 2.89. The first-order valence-corrected chi connectivity index (χ1v) is 1.70. The fourth-order valence-electron chi connectivity index (χ4n) is 0.281. The summed E-state index contributed by atoms with van der Waals surface area (Å²) in [6.45, 7) is 0. The highest BCUT2D eigenvalue weighted by Gasteiger charge is 1.92. The van der Waals surface area contributed by atoms with Crippen LogP contribution in [0.3, 0.4) is 0 Å². The number of nitrogens with two attached hydrogens (primary N) is 1. The van der Waals surface area contributed by atoms with E-state index < -0.39 is 0 Å². The van der Waals surface area contributed by atoms with Gasteiger partial charge in [-0.05, 0) is 0 Å². The Morgan fingerprint density at radius 1 is 1.67 bits per heavy atom. The topological polar surface area (TPSA) is 50.7 Å². The van der Waals surface area contributed by atoms with E-state index in [1.165, 1.54) is 6.34 Å². The fourth-order valence-corrected chi connectivity index (χ4v) is 0.281. The first kappa shape index (κ1) is 3.49. The average molecular weight is 83.1 g/mol. The lowest BCUT2D eigenvalue weighted by atomic mass is 10.6. The van der Waals surface area contributed by atoms with E-state index in [-0.39, 0.29) is 6.17 Å². The number of hydrogen-bond donors (Lipinski definition) is 1. The highest BCUT2D eigenvalue weighted by atomic mass is 15.0. The van der Waals surface area contributed by atoms with Crippen molar-refractivity contribution in [3.8, 4) is 0 Å². The summed E-state index contributed by atoms with van der Waals surface area (Å²) in [5, 5.41) is 0. The van der Waals surface area contributed by atoms with Crippen molar-refractivity contribution in [1.82, 2.24) is 0 Å². The van der Waals surface area contributed by atoms with E-state index in [1.54, 1.807) is 6.21 Å². The van der Waals surface area contributed by atoms with E-state index in [9.17, 15) is 0 Å². The first-order valence-electron chi connectivity index (χ1n) is 1.70. The molecule has 0 saturated carbocycles. The molecule has 0 aromatic carbocycles. The van der Waals surface area contributed by atoms with Crippen LogP contribution in [-0.2, 0) is 0 Å². The average Bonchev–Trinajstić information content (AvgIpc) is 1.86. The van der Waals surface area contributed by atoms with Crippen molar-refractivity contribution in [3.63, 3.8) is 0 Å². The summed E-state index contributed by atoms with van der Waals surface area (Å²) in [6.07, 6.45) is 2.86. The summed E-state index contributed by atoms with van der Waals surface area (Å²) >= 11 is 0. The second kappa shape index (κ2) is 1.18. The third-order valence-electron chi connectivity index (χ3n) is 0.544. The van der Waals surface area contributed by atoms with Crippen LogP contribution in [0.15, 0.2) is 9.98 Å². The largest absolute Gasteiger partial charge is 0.305 e. The molecule has 2 N–H and O–H groups in total. The lowest BCUT2D eigenvalue weighted by Crippen LogP contribution is -2.14. The van der Waals surface area contributed by atoms with E-state index in [4.69, 9.17) is 5.73 Å². The van der Waals surface area contributed by atoms with Gasteiger partial charge in [-0.25, -0.2) is 9.98 Å². The molecular weight excluding hydrogens is 78.1 g/mol. The second-order valence-corrected chi connectivity index (χ2v) is 1.05. The van der Waals surface area contributed by atoms with Crippen molar-refractivity contribution >= 4 is 12.6 Å². The molecule has 0 aliphatic carbocycles. The minimum atomic E-state index is -0.176. The van der Waals surface area contributed by atoms with Crippen LogP contribution >= 0.6 is 0 Å². The Labute approximate surface area is 35.6 Å². The summed E-state index contributed by atoms with van der Waals surface area (Å²) in [4.78, 5) is 7.29. The number of hydrogen-bond acceptors (Lipinski definition) is 3. The van der Waals surface area contributed by atoms with Crippen molar-refractivity contribution < 1.29 is 0 Å². The van der Waals surface area contributed by atoms with Crippen molar-refractivity contribution in [2.24, 2.45) is 15.7 Å². The Hall–Kier alpha value is -0.700. The fraction of sp³-hybridized carbons (Fsp3) is 0.333. The zero-order valence-electron chi connectivity index (χ0n) is 3.20. The van der Waals surface area contributed by atoms with Gasteiger partial charge in [-0.15, -0.1) is 0 Å². The Balaban J connectivity index is 2.60. The zero-order valence-corrected chi connectivity index (χ0v) is 3.20. The zero-order chi connectivity index (χ0) is 4.41. The lowest BCUT2D eigenvalue weighted by molar-refractivity contribution is 0.965. The summed E-state index contributed by atoms with van der Waals surface area (Å²) in [7, 11) is 0. The summed E-state index contributed by atoms with van der Waals surface area (Å²) in [5.74, 6) is 0. The molecule has 6 heavy (non-hydrogen) atoms. The van der Waals surface area contributed by atoms with Crippen LogP contribution in [0.4, 0.5) is 0 Å². The third-order valence-corrected chi connectivity index (χ3v) is 0.544. The molecule has 0 bridgehead atoms. The van der Waals surface area contributed by atoms with E-state index in [2.05, 4.69) is 9.98 Å². The van der Waals surface area contributed by atoms with Crippen LogP contribution in [0.2, 0.25) is 0 Å². The van der Waals surface area contributed by atoms with Gasteiger partial charge in [0.2, 0.25) is 0 Å². The molecule has 1 unspecified atom stereocenters. The molecule has 0 amide bonds. The van der Waals surface area contributed by atoms with Gasteiger partial charge in [-0.1, -0.05) is 0 Å². The van der Waals surface area contributed by atoms with Crippen molar-refractivity contribution in [1.29, 1.82) is 0 Å². The lowest BCUT2D eigenvalue weighted by Gasteiger charge is -1.83. The van der Waals surface area contributed by atoms with Gasteiger partial charge in [0.05, 0.1) is 0 Å². The maximum Gasteiger partial charge on any atom is 0.135 e. The molecule has 1 rings (SSSR count). The van der Waals surface area contributed by atoms with Crippen LogP contribution in [0.1, 0.15) is 0 Å². The molecular formula is C3H5N3. The molecule has 1 atom stereocenters. The third kappa shape index (κ3) is 0.440. The molecule has 0 aromatic rings. The van der Waals surface area contributed by atoms with Crippen LogP contribution < -0.4 is 5.73 Å². The molecule has 1 heterocycles. The Morgan fingerprint density at radius 3 is 2.67 bits per heavy atom. The number of aliphatic imine (C=N–C) groups is 2. The molecule has 0 spiro atoms. The van der Waals surface area contributed by atoms with Crippen molar-refractivity contribution in [2.75, 3.05) is 0 Å². The number of rotatable bonds is 0. The maximum atomic E-state index is 5.19. The predicted octanol–water partition coefficient (Wildman–Crippen LogP) is -0.616. The quantitative estimate of drug-likeness (QED) is 0.417. The summed E-state index contributed by atoms with van der Waals surface area (Å²) in [6, 6.07) is 0. The molecule has 1 aliphatic heterocycles. The Bertz CT molecular complexity index is 82.2. The van der Waals surface area contributed by atoms with Gasteiger partial charge in [0.15, 0.2) is 0 Å². The molecule has 0 fully saturated rings. The standard InChI is InChI=1S/C3H5N3/c4-3-1-5-2-6-3/h1-3H,4H2. The van der Waals surface area contributed by atoms with Crippen LogP contribution in [-0.4, -0.2) is 18.7 Å². The number of nitrogens with zero attached hydrogens (tertiary/aromatic N) is 2. The highest BCUT2D eigenvalue weighted by Crippen LogP contribution is 1.80. The van der Waals surface area contributed by atoms with E-state index >= 15 is 0 Å². The van der Waals surface area contributed by atoms with Gasteiger partial charge < -0.3 is 5.73 Å². The van der Waals surface area contributed by atoms with E-state index in [0.29, 0.717) is 0 Å². The minimum absolute atomic E-state index is 0.176. The van der Waals surface area contributed by atoms with E-state index in [1.807, 2.05) is 0 Å². The summed E-state index contributed by atoms with van der Waals surface area (Å²) < 4.78 is 0. The van der Waals surface area contributed by atoms with Gasteiger partial charge in [-0.2, -0.15) is 0 Å². The van der Waals surface area contributed by atoms with Gasteiger partial charge in [0.1, 0.15) is 12.5 Å². The Kier molecular flexibility index (Phi) is 0.686. The highest BCUT2D eigenvalue weighted by molar-refractivity contribution is 5.81. The molecule has 0 radical (unpaired) electrons. The van der Waals surface area contributed by atoms with Crippen LogP contribution in [0.5, 0.6) is 0 Å². The van der Waals surface area contributed by atoms with Crippen molar-refractivity contribution in [3.05, 3.63) is 0 Å². The van der Waals surface area contributed by atoms with Gasteiger partial charge in [-0.3, -0.25) is 0 Å². The molecule has 3 heteroatoms. The van der Waals surface area contributed by atoms with E-state index in [0.717, 1.165) is 0 Å². The maximum absolute atomic E-state index is 5.19. The second-order valence-electron chi connectivity index (χ2n) is 1.05. The molecule has 0 aromatic heterocycles. The van der Waals surface area contributed by atoms with Gasteiger partial charge in [0.25, 0.3) is 0 Å². The van der Waals surface area contributed by atoms with Crippen LogP contribution in [0.25, 0.3) is 0 Å².